The van der Waals surface area contributed by atoms with E-state index < -0.39 is 6.04 Å². The monoisotopic (exact) mass is 397 g/mol. The number of rotatable bonds is 8. The molecule has 0 unspecified atom stereocenters. The fourth-order valence-corrected chi connectivity index (χ4v) is 3.76. The van der Waals surface area contributed by atoms with Crippen LogP contribution in [0.1, 0.15) is 25.8 Å². The Morgan fingerprint density at radius 1 is 1.19 bits per heavy atom. The van der Waals surface area contributed by atoms with Crippen molar-refractivity contribution in [2.45, 2.75) is 32.9 Å². The number of carbonyl (C=O) groups excluding carboxylic acids is 2. The molecule has 0 aliphatic carbocycles. The number of hydrogen-bond donors (Lipinski definition) is 3. The Balaban J connectivity index is 1.77. The molecule has 2 rings (SSSR count). The molecule has 1 saturated heterocycles. The number of halogens is 1. The number of quaternary nitrogens is 2. The van der Waals surface area contributed by atoms with Gasteiger partial charge in [-0.2, -0.15) is 0 Å². The molecule has 0 spiro atoms. The van der Waals surface area contributed by atoms with Gasteiger partial charge < -0.3 is 19.9 Å². The van der Waals surface area contributed by atoms with Crippen LogP contribution >= 0.6 is 11.6 Å². The van der Waals surface area contributed by atoms with Crippen LogP contribution in [0.25, 0.3) is 0 Å². The topological polar surface area (TPSA) is 64.3 Å². The van der Waals surface area contributed by atoms with E-state index in [4.69, 9.17) is 16.3 Å². The quantitative estimate of drug-likeness (QED) is 0.510. The number of amides is 1. The van der Waals surface area contributed by atoms with Gasteiger partial charge in [0.05, 0.1) is 7.11 Å². The summed E-state index contributed by atoms with van der Waals surface area (Å²) in [6.07, 6.45) is 0.589. The molecule has 1 aromatic rings. The van der Waals surface area contributed by atoms with E-state index in [0.717, 1.165) is 37.7 Å². The molecule has 0 bridgehead atoms. The molecule has 27 heavy (non-hydrogen) atoms. The Bertz CT molecular complexity index is 631. The zero-order valence-electron chi connectivity index (χ0n) is 16.5. The van der Waals surface area contributed by atoms with Crippen LogP contribution in [-0.2, 0) is 20.9 Å². The first kappa shape index (κ1) is 21.7. The van der Waals surface area contributed by atoms with Crippen LogP contribution in [0.2, 0.25) is 5.02 Å². The summed E-state index contributed by atoms with van der Waals surface area (Å²) >= 11 is 6.06. The Morgan fingerprint density at radius 3 is 2.44 bits per heavy atom. The van der Waals surface area contributed by atoms with Crippen molar-refractivity contribution >= 4 is 23.5 Å². The Morgan fingerprint density at radius 2 is 1.85 bits per heavy atom. The molecule has 1 heterocycles. The van der Waals surface area contributed by atoms with Gasteiger partial charge in [-0.15, -0.1) is 0 Å². The van der Waals surface area contributed by atoms with Crippen molar-refractivity contribution in [2.75, 3.05) is 39.8 Å². The second-order valence-corrected chi connectivity index (χ2v) is 8.19. The van der Waals surface area contributed by atoms with Gasteiger partial charge in [-0.1, -0.05) is 37.6 Å². The molecule has 1 aliphatic rings. The summed E-state index contributed by atoms with van der Waals surface area (Å²) in [7, 11) is 1.36. The van der Waals surface area contributed by atoms with E-state index in [2.05, 4.69) is 11.4 Å². The molecule has 0 radical (unpaired) electrons. The number of methoxy groups -OCH3 is 1. The van der Waals surface area contributed by atoms with E-state index in [1.807, 2.05) is 32.0 Å². The summed E-state index contributed by atoms with van der Waals surface area (Å²) in [4.78, 5) is 27.0. The van der Waals surface area contributed by atoms with E-state index in [-0.39, 0.29) is 11.9 Å². The largest absolute Gasteiger partial charge is 0.467 e. The summed E-state index contributed by atoms with van der Waals surface area (Å²) in [6.45, 7) is 9.31. The highest BCUT2D eigenvalue weighted by Crippen LogP contribution is 2.09. The number of esters is 1. The third-order valence-corrected chi connectivity index (χ3v) is 5.18. The van der Waals surface area contributed by atoms with Gasteiger partial charge in [0.1, 0.15) is 38.8 Å². The second kappa shape index (κ2) is 10.6. The normalized spacial score (nSPS) is 20.9. The highest BCUT2D eigenvalue weighted by molar-refractivity contribution is 6.30. The molecule has 150 valence electrons. The van der Waals surface area contributed by atoms with Crippen LogP contribution < -0.4 is 15.1 Å². The van der Waals surface area contributed by atoms with Crippen LogP contribution in [-0.4, -0.2) is 57.8 Å². The van der Waals surface area contributed by atoms with Gasteiger partial charge in [0.25, 0.3) is 5.91 Å². The van der Waals surface area contributed by atoms with Crippen LogP contribution in [0.4, 0.5) is 0 Å². The van der Waals surface area contributed by atoms with Gasteiger partial charge in [0, 0.05) is 10.6 Å². The number of ether oxygens (including phenoxy) is 1. The molecule has 1 aliphatic heterocycles. The minimum absolute atomic E-state index is 0.0839. The molecule has 3 N–H and O–H groups in total. The van der Waals surface area contributed by atoms with Crippen molar-refractivity contribution in [1.29, 1.82) is 0 Å². The van der Waals surface area contributed by atoms with Crippen molar-refractivity contribution < 1.29 is 24.1 Å². The van der Waals surface area contributed by atoms with Gasteiger partial charge in [0.15, 0.2) is 6.54 Å². The van der Waals surface area contributed by atoms with Gasteiger partial charge in [-0.3, -0.25) is 4.79 Å². The van der Waals surface area contributed by atoms with E-state index in [1.54, 1.807) is 0 Å². The first-order valence-corrected chi connectivity index (χ1v) is 10.0. The molecule has 1 aromatic carbocycles. The molecule has 1 atom stereocenters. The molecule has 0 aromatic heterocycles. The van der Waals surface area contributed by atoms with Gasteiger partial charge in [-0.25, -0.2) is 4.79 Å². The second-order valence-electron chi connectivity index (χ2n) is 7.76. The predicted molar refractivity (Wildman–Crippen MR) is 105 cm³/mol. The summed E-state index contributed by atoms with van der Waals surface area (Å²) in [5, 5.41) is 3.62. The fourth-order valence-electron chi connectivity index (χ4n) is 3.55. The molecule has 1 fully saturated rings. The summed E-state index contributed by atoms with van der Waals surface area (Å²) in [6, 6.07) is 7.44. The molecule has 0 saturated carbocycles. The van der Waals surface area contributed by atoms with E-state index >= 15 is 0 Å². The minimum atomic E-state index is -0.559. The summed E-state index contributed by atoms with van der Waals surface area (Å²) < 4.78 is 4.81. The Labute approximate surface area is 166 Å². The van der Waals surface area contributed by atoms with Gasteiger partial charge in [0.2, 0.25) is 0 Å². The molecule has 6 nitrogen and oxygen atoms in total. The summed E-state index contributed by atoms with van der Waals surface area (Å²) in [5.74, 6) is -0.150. The first-order chi connectivity index (χ1) is 12.9. The average Bonchev–Trinajstić information content (AvgIpc) is 2.62. The lowest BCUT2D eigenvalue weighted by atomic mass is 10.0. The van der Waals surface area contributed by atoms with Crippen molar-refractivity contribution in [1.82, 2.24) is 5.32 Å². The highest BCUT2D eigenvalue weighted by atomic mass is 35.5. The predicted octanol–water partition coefficient (Wildman–Crippen LogP) is -0.673. The highest BCUT2D eigenvalue weighted by Gasteiger charge is 2.28. The number of hydrogen-bond acceptors (Lipinski definition) is 3. The maximum Gasteiger partial charge on any atom is 0.328 e. The van der Waals surface area contributed by atoms with Crippen LogP contribution in [0, 0.1) is 5.92 Å². The van der Waals surface area contributed by atoms with E-state index in [1.165, 1.54) is 22.5 Å². The Kier molecular flexibility index (Phi) is 8.54. The van der Waals surface area contributed by atoms with Crippen molar-refractivity contribution in [3.05, 3.63) is 34.9 Å². The molecule has 7 heteroatoms. The zero-order chi connectivity index (χ0) is 19.8. The van der Waals surface area contributed by atoms with Crippen LogP contribution in [0.15, 0.2) is 24.3 Å². The van der Waals surface area contributed by atoms with Crippen molar-refractivity contribution in [3.63, 3.8) is 0 Å². The number of benzene rings is 1. The maximum absolute atomic E-state index is 12.4. The molecular weight excluding hydrogens is 366 g/mol. The molecule has 1 amide bonds. The maximum atomic E-state index is 12.4. The number of piperazine rings is 1. The smallest absolute Gasteiger partial charge is 0.328 e. The van der Waals surface area contributed by atoms with E-state index in [0.29, 0.717) is 18.9 Å². The third kappa shape index (κ3) is 7.48. The van der Waals surface area contributed by atoms with Gasteiger partial charge in [-0.05, 0) is 24.5 Å². The number of carbonyl (C=O) groups is 2. The lowest BCUT2D eigenvalue weighted by Gasteiger charge is -2.29. The van der Waals surface area contributed by atoms with Crippen LogP contribution in [0.3, 0.4) is 0 Å². The third-order valence-electron chi connectivity index (χ3n) is 4.95. The lowest BCUT2D eigenvalue weighted by Crippen LogP contribution is -3.28. The standard InChI is InChI=1S/C20H30ClN3O3/c1-15(2)11-18(20(26)27-3)22-19(25)14-24-9-7-23(8-10-24)13-16-5-4-6-17(21)12-16/h4-6,12,15,18H,7-11,13-14H2,1-3H3,(H,22,25)/p+2/t18-/m1/s1. The lowest BCUT2D eigenvalue weighted by molar-refractivity contribution is -1.02. The SMILES string of the molecule is COC(=O)[C@@H](CC(C)C)NC(=O)C[NH+]1CC[NH+](Cc2cccc(Cl)c2)CC1. The van der Waals surface area contributed by atoms with Crippen molar-refractivity contribution in [3.8, 4) is 0 Å². The fraction of sp³-hybridized carbons (Fsp3) is 0.600. The Hall–Kier alpha value is -1.63. The van der Waals surface area contributed by atoms with E-state index in [9.17, 15) is 9.59 Å². The van der Waals surface area contributed by atoms with Crippen molar-refractivity contribution in [2.24, 2.45) is 5.92 Å². The van der Waals surface area contributed by atoms with Gasteiger partial charge >= 0.3 is 5.97 Å². The number of nitrogens with one attached hydrogen (secondary N) is 3. The first-order valence-electron chi connectivity index (χ1n) is 9.66. The summed E-state index contributed by atoms with van der Waals surface area (Å²) in [5.41, 5.74) is 1.24. The zero-order valence-corrected chi connectivity index (χ0v) is 17.3. The van der Waals surface area contributed by atoms with Crippen LogP contribution in [0.5, 0.6) is 0 Å². The minimum Gasteiger partial charge on any atom is -0.467 e. The molecular formula is C20H32ClN3O3+2. The average molecular weight is 398 g/mol.